The van der Waals surface area contributed by atoms with Gasteiger partial charge in [-0.1, -0.05) is 68.9 Å². The number of nitrogens with one attached hydrogen (secondary N) is 1. The van der Waals surface area contributed by atoms with Gasteiger partial charge in [0.1, 0.15) is 0 Å². The molecular weight excluding hydrogens is 230 g/mol. The molecule has 2 rings (SSSR count). The molecule has 0 saturated heterocycles. The van der Waals surface area contributed by atoms with Gasteiger partial charge in [0.15, 0.2) is 0 Å². The summed E-state index contributed by atoms with van der Waals surface area (Å²) in [5.41, 5.74) is 2.84. The normalized spacial score (nSPS) is 18.4. The Morgan fingerprint density at radius 2 is 2.00 bits per heavy atom. The van der Waals surface area contributed by atoms with Gasteiger partial charge in [-0.15, -0.1) is 0 Å². The summed E-state index contributed by atoms with van der Waals surface area (Å²) in [5.74, 6) is 0.986. The van der Waals surface area contributed by atoms with Crippen LogP contribution in [0.2, 0.25) is 0 Å². The van der Waals surface area contributed by atoms with Crippen LogP contribution in [0.3, 0.4) is 0 Å². The molecule has 1 unspecified atom stereocenters. The number of hydrogen-bond donors (Lipinski definition) is 1. The maximum atomic E-state index is 3.67. The Labute approximate surface area is 118 Å². The molecule has 0 bridgehead atoms. The summed E-state index contributed by atoms with van der Waals surface area (Å²) >= 11 is 0. The van der Waals surface area contributed by atoms with E-state index in [0.29, 0.717) is 6.04 Å². The second-order valence-electron chi connectivity index (χ2n) is 6.11. The van der Waals surface area contributed by atoms with Crippen molar-refractivity contribution in [2.24, 2.45) is 5.92 Å². The first-order valence-electron chi connectivity index (χ1n) is 8.09. The van der Waals surface area contributed by atoms with Crippen molar-refractivity contribution in [3.05, 3.63) is 35.4 Å². The van der Waals surface area contributed by atoms with Crippen LogP contribution >= 0.6 is 0 Å². The third-order valence-electron chi connectivity index (χ3n) is 4.48. The molecule has 0 heterocycles. The number of hydrogen-bond acceptors (Lipinski definition) is 1. The van der Waals surface area contributed by atoms with Gasteiger partial charge in [-0.2, -0.15) is 0 Å². The molecule has 1 saturated carbocycles. The van der Waals surface area contributed by atoms with Crippen molar-refractivity contribution >= 4 is 0 Å². The average molecular weight is 259 g/mol. The molecule has 106 valence electrons. The van der Waals surface area contributed by atoms with Crippen LogP contribution in [0.25, 0.3) is 0 Å². The summed E-state index contributed by atoms with van der Waals surface area (Å²) in [6, 6.07) is 9.55. The Kier molecular flexibility index (Phi) is 5.91. The monoisotopic (exact) mass is 259 g/mol. The third kappa shape index (κ3) is 4.65. The van der Waals surface area contributed by atoms with E-state index >= 15 is 0 Å². The van der Waals surface area contributed by atoms with Gasteiger partial charge in [0.25, 0.3) is 0 Å². The van der Waals surface area contributed by atoms with Crippen molar-refractivity contribution < 1.29 is 0 Å². The summed E-state index contributed by atoms with van der Waals surface area (Å²) in [6.45, 7) is 5.46. The van der Waals surface area contributed by atoms with Crippen LogP contribution in [0, 0.1) is 12.8 Å². The van der Waals surface area contributed by atoms with Gasteiger partial charge in [0, 0.05) is 6.04 Å². The van der Waals surface area contributed by atoms with Gasteiger partial charge in [0.2, 0.25) is 0 Å². The van der Waals surface area contributed by atoms with Gasteiger partial charge in [-0.25, -0.2) is 0 Å². The Bertz CT molecular complexity index is 366. The lowest BCUT2D eigenvalue weighted by Crippen LogP contribution is -2.22. The number of rotatable bonds is 6. The SMILES string of the molecule is CCNC(CCC1CCCCC1)c1cccc(C)c1. The van der Waals surface area contributed by atoms with Crippen LogP contribution in [0.5, 0.6) is 0 Å². The molecule has 19 heavy (non-hydrogen) atoms. The first kappa shape index (κ1) is 14.6. The van der Waals surface area contributed by atoms with Gasteiger partial charge >= 0.3 is 0 Å². The number of benzene rings is 1. The van der Waals surface area contributed by atoms with E-state index in [1.165, 1.54) is 56.1 Å². The predicted octanol–water partition coefficient (Wildman–Crippen LogP) is 5.01. The molecule has 0 radical (unpaired) electrons. The fourth-order valence-electron chi connectivity index (χ4n) is 3.40. The minimum Gasteiger partial charge on any atom is -0.310 e. The molecule has 1 N–H and O–H groups in total. The fraction of sp³-hybridized carbons (Fsp3) is 0.667. The summed E-state index contributed by atoms with van der Waals surface area (Å²) in [7, 11) is 0. The lowest BCUT2D eigenvalue weighted by Gasteiger charge is -2.25. The van der Waals surface area contributed by atoms with E-state index in [2.05, 4.69) is 43.4 Å². The summed E-state index contributed by atoms with van der Waals surface area (Å²) in [6.07, 6.45) is 10.00. The Morgan fingerprint density at radius 1 is 1.21 bits per heavy atom. The molecule has 1 aromatic carbocycles. The zero-order valence-corrected chi connectivity index (χ0v) is 12.6. The van der Waals surface area contributed by atoms with Crippen molar-refractivity contribution in [1.82, 2.24) is 5.32 Å². The second-order valence-corrected chi connectivity index (χ2v) is 6.11. The lowest BCUT2D eigenvalue weighted by molar-refractivity contribution is 0.315. The molecule has 1 aliphatic rings. The van der Waals surface area contributed by atoms with E-state index in [0.717, 1.165) is 12.5 Å². The molecule has 1 nitrogen and oxygen atoms in total. The maximum Gasteiger partial charge on any atom is 0.0320 e. The Balaban J connectivity index is 1.91. The van der Waals surface area contributed by atoms with Gasteiger partial charge in [-0.3, -0.25) is 0 Å². The molecule has 1 heteroatoms. The Hall–Kier alpha value is -0.820. The lowest BCUT2D eigenvalue weighted by atomic mass is 9.84. The quantitative estimate of drug-likeness (QED) is 0.757. The standard InChI is InChI=1S/C18H29N/c1-3-19-18(17-11-7-8-15(2)14-17)13-12-16-9-5-4-6-10-16/h7-8,11,14,16,18-19H,3-6,9-10,12-13H2,1-2H3. The van der Waals surface area contributed by atoms with E-state index < -0.39 is 0 Å². The topological polar surface area (TPSA) is 12.0 Å². The molecule has 0 amide bonds. The van der Waals surface area contributed by atoms with Crippen LogP contribution in [0.1, 0.15) is 69.0 Å². The van der Waals surface area contributed by atoms with E-state index in [1.807, 2.05) is 0 Å². The van der Waals surface area contributed by atoms with Crippen LogP contribution in [0.4, 0.5) is 0 Å². The zero-order chi connectivity index (χ0) is 13.5. The van der Waals surface area contributed by atoms with Crippen LogP contribution in [-0.2, 0) is 0 Å². The minimum absolute atomic E-state index is 0.548. The van der Waals surface area contributed by atoms with E-state index in [9.17, 15) is 0 Å². The zero-order valence-electron chi connectivity index (χ0n) is 12.6. The van der Waals surface area contributed by atoms with Crippen molar-refractivity contribution in [2.45, 2.75) is 64.8 Å². The molecule has 0 aliphatic heterocycles. The van der Waals surface area contributed by atoms with Gasteiger partial charge < -0.3 is 5.32 Å². The molecular formula is C18H29N. The van der Waals surface area contributed by atoms with Gasteiger partial charge in [0.05, 0.1) is 0 Å². The first-order chi connectivity index (χ1) is 9.29. The highest BCUT2D eigenvalue weighted by atomic mass is 14.9. The third-order valence-corrected chi connectivity index (χ3v) is 4.48. The highest BCUT2D eigenvalue weighted by molar-refractivity contribution is 5.25. The molecule has 1 aliphatic carbocycles. The predicted molar refractivity (Wildman–Crippen MR) is 83.4 cm³/mol. The van der Waals surface area contributed by atoms with Crippen LogP contribution < -0.4 is 5.32 Å². The summed E-state index contributed by atoms with van der Waals surface area (Å²) in [5, 5.41) is 3.67. The second kappa shape index (κ2) is 7.69. The van der Waals surface area contributed by atoms with Crippen molar-refractivity contribution in [2.75, 3.05) is 6.54 Å². The molecule has 1 atom stereocenters. The first-order valence-corrected chi connectivity index (χ1v) is 8.09. The Morgan fingerprint density at radius 3 is 2.68 bits per heavy atom. The van der Waals surface area contributed by atoms with Gasteiger partial charge in [-0.05, 0) is 37.8 Å². The average Bonchev–Trinajstić information content (AvgIpc) is 2.44. The van der Waals surface area contributed by atoms with Crippen LogP contribution in [-0.4, -0.2) is 6.54 Å². The van der Waals surface area contributed by atoms with E-state index in [1.54, 1.807) is 0 Å². The molecule has 1 fully saturated rings. The molecule has 0 spiro atoms. The van der Waals surface area contributed by atoms with Crippen molar-refractivity contribution in [1.29, 1.82) is 0 Å². The van der Waals surface area contributed by atoms with E-state index in [-0.39, 0.29) is 0 Å². The van der Waals surface area contributed by atoms with Crippen molar-refractivity contribution in [3.63, 3.8) is 0 Å². The fourth-order valence-corrected chi connectivity index (χ4v) is 3.40. The van der Waals surface area contributed by atoms with Crippen LogP contribution in [0.15, 0.2) is 24.3 Å². The van der Waals surface area contributed by atoms with E-state index in [4.69, 9.17) is 0 Å². The summed E-state index contributed by atoms with van der Waals surface area (Å²) in [4.78, 5) is 0. The molecule has 0 aromatic heterocycles. The smallest absolute Gasteiger partial charge is 0.0320 e. The number of aryl methyl sites for hydroxylation is 1. The minimum atomic E-state index is 0.548. The van der Waals surface area contributed by atoms with Crippen molar-refractivity contribution in [3.8, 4) is 0 Å². The largest absolute Gasteiger partial charge is 0.310 e. The summed E-state index contributed by atoms with van der Waals surface area (Å²) < 4.78 is 0. The maximum absolute atomic E-state index is 3.67. The highest BCUT2D eigenvalue weighted by Crippen LogP contribution is 2.30. The highest BCUT2D eigenvalue weighted by Gasteiger charge is 2.16. The molecule has 1 aromatic rings.